The molecular weight excluding hydrogens is 224 g/mol. The van der Waals surface area contributed by atoms with E-state index in [0.29, 0.717) is 0 Å². The first kappa shape index (κ1) is 12.8. The normalized spacial score (nSPS) is 12.6. The highest BCUT2D eigenvalue weighted by molar-refractivity contribution is 5.34. The smallest absolute Gasteiger partial charge is 0.0611 e. The second-order valence-corrected chi connectivity index (χ2v) is 4.37. The maximum atomic E-state index is 4.26. The Morgan fingerprint density at radius 2 is 2.17 bits per heavy atom. The number of pyridine rings is 1. The molecule has 0 saturated heterocycles. The minimum atomic E-state index is 0.196. The number of nitrogens with one attached hydrogen (secondary N) is 1. The van der Waals surface area contributed by atoms with Crippen LogP contribution in [0.25, 0.3) is 0 Å². The van der Waals surface area contributed by atoms with Crippen LogP contribution in [0.1, 0.15) is 36.6 Å². The predicted octanol–water partition coefficient (Wildman–Crippen LogP) is 2.08. The van der Waals surface area contributed by atoms with E-state index < -0.39 is 0 Å². The van der Waals surface area contributed by atoms with Gasteiger partial charge in [0, 0.05) is 31.2 Å². The minimum absolute atomic E-state index is 0.196. The van der Waals surface area contributed by atoms with Gasteiger partial charge in [-0.3, -0.25) is 9.67 Å². The van der Waals surface area contributed by atoms with Crippen molar-refractivity contribution in [3.63, 3.8) is 0 Å². The van der Waals surface area contributed by atoms with Crippen LogP contribution in [0.2, 0.25) is 0 Å². The molecule has 0 bridgehead atoms. The molecule has 0 aliphatic rings. The molecule has 96 valence electrons. The van der Waals surface area contributed by atoms with Gasteiger partial charge in [0.05, 0.1) is 12.2 Å². The van der Waals surface area contributed by atoms with Crippen LogP contribution >= 0.6 is 0 Å². The van der Waals surface area contributed by atoms with Crippen LogP contribution in [-0.4, -0.2) is 21.3 Å². The van der Waals surface area contributed by atoms with Gasteiger partial charge in [-0.25, -0.2) is 0 Å². The fourth-order valence-electron chi connectivity index (χ4n) is 2.22. The van der Waals surface area contributed by atoms with Crippen molar-refractivity contribution in [3.05, 3.63) is 47.5 Å². The van der Waals surface area contributed by atoms with Gasteiger partial charge < -0.3 is 5.32 Å². The molecule has 0 aliphatic heterocycles. The van der Waals surface area contributed by atoms with E-state index in [4.69, 9.17) is 0 Å². The Hall–Kier alpha value is -1.68. The Morgan fingerprint density at radius 3 is 2.78 bits per heavy atom. The third-order valence-corrected chi connectivity index (χ3v) is 3.10. The Kier molecular flexibility index (Phi) is 4.10. The summed E-state index contributed by atoms with van der Waals surface area (Å²) < 4.78 is 1.84. The van der Waals surface area contributed by atoms with Crippen LogP contribution in [0.5, 0.6) is 0 Å². The molecule has 0 fully saturated rings. The van der Waals surface area contributed by atoms with Crippen molar-refractivity contribution in [1.82, 2.24) is 20.1 Å². The van der Waals surface area contributed by atoms with Gasteiger partial charge in [-0.2, -0.15) is 5.10 Å². The van der Waals surface area contributed by atoms with Crippen molar-refractivity contribution < 1.29 is 0 Å². The number of aromatic nitrogens is 3. The Bertz CT molecular complexity index is 504. The van der Waals surface area contributed by atoms with E-state index >= 15 is 0 Å². The molecule has 0 aliphatic carbocycles. The van der Waals surface area contributed by atoms with Crippen LogP contribution < -0.4 is 5.32 Å². The molecule has 0 radical (unpaired) electrons. The van der Waals surface area contributed by atoms with E-state index in [1.165, 1.54) is 16.7 Å². The molecule has 1 unspecified atom stereocenters. The molecule has 2 rings (SSSR count). The maximum absolute atomic E-state index is 4.26. The summed E-state index contributed by atoms with van der Waals surface area (Å²) in [6.07, 6.45) is 8.79. The van der Waals surface area contributed by atoms with Crippen molar-refractivity contribution in [2.45, 2.75) is 26.3 Å². The van der Waals surface area contributed by atoms with E-state index in [1.54, 1.807) is 0 Å². The molecule has 18 heavy (non-hydrogen) atoms. The third-order valence-electron chi connectivity index (χ3n) is 3.10. The number of aryl methyl sites for hydroxylation is 2. The van der Waals surface area contributed by atoms with Gasteiger partial charge in [-0.1, -0.05) is 13.8 Å². The Balaban J connectivity index is 2.41. The molecule has 1 atom stereocenters. The zero-order chi connectivity index (χ0) is 13.0. The molecule has 0 saturated carbocycles. The van der Waals surface area contributed by atoms with Crippen molar-refractivity contribution in [3.8, 4) is 0 Å². The summed E-state index contributed by atoms with van der Waals surface area (Å²) in [5.41, 5.74) is 3.77. The monoisotopic (exact) mass is 244 g/mol. The van der Waals surface area contributed by atoms with Crippen molar-refractivity contribution in [1.29, 1.82) is 0 Å². The molecule has 4 nitrogen and oxygen atoms in total. The van der Waals surface area contributed by atoms with Crippen molar-refractivity contribution in [2.75, 3.05) is 6.54 Å². The molecule has 4 heteroatoms. The van der Waals surface area contributed by atoms with E-state index in [2.05, 4.69) is 41.5 Å². The zero-order valence-electron chi connectivity index (χ0n) is 11.2. The van der Waals surface area contributed by atoms with Gasteiger partial charge in [0.1, 0.15) is 0 Å². The molecule has 0 aromatic carbocycles. The maximum Gasteiger partial charge on any atom is 0.0611 e. The fraction of sp³-hybridized carbons (Fsp3) is 0.429. The zero-order valence-corrected chi connectivity index (χ0v) is 11.2. The predicted molar refractivity (Wildman–Crippen MR) is 72.3 cm³/mol. The molecular formula is C14H20N4. The number of hydrogen-bond acceptors (Lipinski definition) is 3. The standard InChI is InChI=1S/C14H20N4/c1-4-11-8-15-7-6-13(11)14(16-5-2)12-9-17-18(3)10-12/h6-10,14,16H,4-5H2,1-3H3. The highest BCUT2D eigenvalue weighted by Crippen LogP contribution is 2.24. The third kappa shape index (κ3) is 2.59. The minimum Gasteiger partial charge on any atom is -0.306 e. The summed E-state index contributed by atoms with van der Waals surface area (Å²) in [5.74, 6) is 0. The molecule has 0 spiro atoms. The first-order valence-corrected chi connectivity index (χ1v) is 6.41. The molecule has 2 aromatic heterocycles. The lowest BCUT2D eigenvalue weighted by Crippen LogP contribution is -2.22. The van der Waals surface area contributed by atoms with Crippen LogP contribution in [-0.2, 0) is 13.5 Å². The Morgan fingerprint density at radius 1 is 1.33 bits per heavy atom. The van der Waals surface area contributed by atoms with E-state index in [-0.39, 0.29) is 6.04 Å². The molecule has 1 N–H and O–H groups in total. The molecule has 2 aromatic rings. The number of hydrogen-bond donors (Lipinski definition) is 1. The lowest BCUT2D eigenvalue weighted by Gasteiger charge is -2.19. The lowest BCUT2D eigenvalue weighted by molar-refractivity contribution is 0.623. The van der Waals surface area contributed by atoms with Gasteiger partial charge in [-0.15, -0.1) is 0 Å². The number of nitrogens with zero attached hydrogens (tertiary/aromatic N) is 3. The topological polar surface area (TPSA) is 42.7 Å². The summed E-state index contributed by atoms with van der Waals surface area (Å²) in [7, 11) is 1.94. The highest BCUT2D eigenvalue weighted by atomic mass is 15.2. The lowest BCUT2D eigenvalue weighted by atomic mass is 9.97. The summed E-state index contributed by atoms with van der Waals surface area (Å²) in [5, 5.41) is 7.78. The first-order chi connectivity index (χ1) is 8.76. The second kappa shape index (κ2) is 5.78. The van der Waals surface area contributed by atoms with E-state index in [0.717, 1.165) is 13.0 Å². The van der Waals surface area contributed by atoms with Gasteiger partial charge in [0.2, 0.25) is 0 Å². The molecule has 0 amide bonds. The van der Waals surface area contributed by atoms with Crippen molar-refractivity contribution in [2.24, 2.45) is 7.05 Å². The van der Waals surface area contributed by atoms with E-state index in [9.17, 15) is 0 Å². The van der Waals surface area contributed by atoms with Gasteiger partial charge in [-0.05, 0) is 30.2 Å². The number of rotatable bonds is 5. The van der Waals surface area contributed by atoms with Crippen LogP contribution in [0, 0.1) is 0 Å². The van der Waals surface area contributed by atoms with E-state index in [1.807, 2.05) is 30.3 Å². The summed E-state index contributed by atoms with van der Waals surface area (Å²) in [4.78, 5) is 4.21. The van der Waals surface area contributed by atoms with Crippen LogP contribution in [0.15, 0.2) is 30.9 Å². The SMILES string of the molecule is CCNC(c1cnn(C)c1)c1ccncc1CC. The van der Waals surface area contributed by atoms with Crippen LogP contribution in [0.4, 0.5) is 0 Å². The summed E-state index contributed by atoms with van der Waals surface area (Å²) >= 11 is 0. The molecule has 2 heterocycles. The average Bonchev–Trinajstić information content (AvgIpc) is 2.82. The average molecular weight is 244 g/mol. The quantitative estimate of drug-likeness (QED) is 0.875. The first-order valence-electron chi connectivity index (χ1n) is 6.41. The van der Waals surface area contributed by atoms with Crippen molar-refractivity contribution >= 4 is 0 Å². The van der Waals surface area contributed by atoms with Gasteiger partial charge in [0.25, 0.3) is 0 Å². The fourth-order valence-corrected chi connectivity index (χ4v) is 2.22. The van der Waals surface area contributed by atoms with Crippen LogP contribution in [0.3, 0.4) is 0 Å². The second-order valence-electron chi connectivity index (χ2n) is 4.37. The summed E-state index contributed by atoms with van der Waals surface area (Å²) in [6.45, 7) is 5.20. The van der Waals surface area contributed by atoms with Gasteiger partial charge in [0.15, 0.2) is 0 Å². The van der Waals surface area contributed by atoms with Gasteiger partial charge >= 0.3 is 0 Å². The largest absolute Gasteiger partial charge is 0.306 e. The highest BCUT2D eigenvalue weighted by Gasteiger charge is 2.17. The summed E-state index contributed by atoms with van der Waals surface area (Å²) in [6, 6.07) is 2.29. The Labute approximate surface area is 108 Å².